The number of amides is 3. The predicted octanol–water partition coefficient (Wildman–Crippen LogP) is 0.945. The fraction of sp³-hybridized carbons (Fsp3) is 0.579. The number of methoxy groups -OCH3 is 1. The van der Waals surface area contributed by atoms with E-state index in [1.807, 2.05) is 38.4 Å². The van der Waals surface area contributed by atoms with Crippen molar-refractivity contribution in [3.05, 3.63) is 29.8 Å². The Balaban J connectivity index is 1.91. The summed E-state index contributed by atoms with van der Waals surface area (Å²) in [5, 5.41) is 5.78. The Morgan fingerprint density at radius 1 is 1.31 bits per heavy atom. The van der Waals surface area contributed by atoms with Gasteiger partial charge in [-0.05, 0) is 38.2 Å². The van der Waals surface area contributed by atoms with Crippen molar-refractivity contribution in [2.45, 2.75) is 18.9 Å². The minimum absolute atomic E-state index is 0.0142. The van der Waals surface area contributed by atoms with E-state index in [4.69, 9.17) is 4.74 Å². The van der Waals surface area contributed by atoms with E-state index in [1.165, 1.54) is 0 Å². The van der Waals surface area contributed by atoms with Crippen molar-refractivity contribution >= 4 is 11.9 Å². The first kappa shape index (κ1) is 20.0. The highest BCUT2D eigenvalue weighted by Gasteiger charge is 2.35. The van der Waals surface area contributed by atoms with Gasteiger partial charge in [0, 0.05) is 39.0 Å². The summed E-state index contributed by atoms with van der Waals surface area (Å²) in [7, 11) is 7.27. The molecular formula is C19H30N4O3. The van der Waals surface area contributed by atoms with Gasteiger partial charge in [-0.25, -0.2) is 4.79 Å². The number of nitrogens with one attached hydrogen (secondary N) is 2. The summed E-state index contributed by atoms with van der Waals surface area (Å²) in [6.07, 6.45) is 1.07. The third-order valence-corrected chi connectivity index (χ3v) is 4.66. The molecule has 0 radical (unpaired) electrons. The van der Waals surface area contributed by atoms with Crippen LogP contribution in [-0.2, 0) is 11.2 Å². The summed E-state index contributed by atoms with van der Waals surface area (Å²) in [6, 6.07) is 7.64. The number of rotatable bonds is 7. The molecule has 1 heterocycles. The molecule has 0 saturated carbocycles. The molecule has 1 aromatic carbocycles. The number of benzene rings is 1. The van der Waals surface area contributed by atoms with Crippen LogP contribution in [0.25, 0.3) is 0 Å². The van der Waals surface area contributed by atoms with Gasteiger partial charge in [0.15, 0.2) is 0 Å². The first-order valence-corrected chi connectivity index (χ1v) is 8.96. The zero-order valence-corrected chi connectivity index (χ0v) is 16.1. The average Bonchev–Trinajstić information content (AvgIpc) is 3.01. The fourth-order valence-electron chi connectivity index (χ4n) is 3.38. The molecule has 3 amide bonds. The lowest BCUT2D eigenvalue weighted by Crippen LogP contribution is -2.44. The highest BCUT2D eigenvalue weighted by atomic mass is 16.5. The normalized spacial score (nSPS) is 19.5. The van der Waals surface area contributed by atoms with Crippen LogP contribution in [0.1, 0.15) is 12.0 Å². The van der Waals surface area contributed by atoms with Crippen LogP contribution in [0.2, 0.25) is 0 Å². The third-order valence-electron chi connectivity index (χ3n) is 4.66. The Hall–Kier alpha value is -2.28. The molecular weight excluding hydrogens is 332 g/mol. The Labute approximate surface area is 155 Å². The standard InChI is InChI=1S/C19H30N4O3/c1-20-19(25)23-12-15(11-22(2)3)17(13-23)21-18(24)9-8-14-6-5-7-16(10-14)26-4/h5-7,10,15,17H,8-9,11-13H2,1-4H3,(H,20,25)(H,21,24)/t15-,17-/m1/s1. The van der Waals surface area contributed by atoms with Crippen molar-refractivity contribution in [3.63, 3.8) is 0 Å². The first-order valence-electron chi connectivity index (χ1n) is 8.96. The molecule has 2 N–H and O–H groups in total. The maximum Gasteiger partial charge on any atom is 0.317 e. The molecule has 0 aromatic heterocycles. The number of hydrogen-bond donors (Lipinski definition) is 2. The third kappa shape index (κ3) is 5.62. The van der Waals surface area contributed by atoms with Gasteiger partial charge < -0.3 is 25.2 Å². The van der Waals surface area contributed by atoms with Crippen LogP contribution in [-0.4, -0.2) is 75.7 Å². The monoisotopic (exact) mass is 362 g/mol. The van der Waals surface area contributed by atoms with Gasteiger partial charge in [-0.15, -0.1) is 0 Å². The second-order valence-electron chi connectivity index (χ2n) is 7.01. The summed E-state index contributed by atoms with van der Waals surface area (Å²) in [4.78, 5) is 28.2. The lowest BCUT2D eigenvalue weighted by atomic mass is 10.0. The van der Waals surface area contributed by atoms with Crippen LogP contribution >= 0.6 is 0 Å². The number of urea groups is 1. The van der Waals surface area contributed by atoms with Gasteiger partial charge in [0.25, 0.3) is 0 Å². The highest BCUT2D eigenvalue weighted by molar-refractivity contribution is 5.77. The van der Waals surface area contributed by atoms with E-state index >= 15 is 0 Å². The van der Waals surface area contributed by atoms with Crippen molar-refractivity contribution in [2.24, 2.45) is 5.92 Å². The topological polar surface area (TPSA) is 73.9 Å². The van der Waals surface area contributed by atoms with Gasteiger partial charge in [0.2, 0.25) is 5.91 Å². The smallest absolute Gasteiger partial charge is 0.317 e. The van der Waals surface area contributed by atoms with Crippen LogP contribution < -0.4 is 15.4 Å². The van der Waals surface area contributed by atoms with Gasteiger partial charge in [-0.1, -0.05) is 12.1 Å². The molecule has 1 aliphatic heterocycles. The highest BCUT2D eigenvalue weighted by Crippen LogP contribution is 2.19. The molecule has 0 unspecified atom stereocenters. The largest absolute Gasteiger partial charge is 0.497 e. The predicted molar refractivity (Wildman–Crippen MR) is 101 cm³/mol. The lowest BCUT2D eigenvalue weighted by molar-refractivity contribution is -0.121. The summed E-state index contributed by atoms with van der Waals surface area (Å²) < 4.78 is 5.22. The van der Waals surface area contributed by atoms with Crippen LogP contribution in [0.5, 0.6) is 5.75 Å². The molecule has 1 aromatic rings. The molecule has 0 bridgehead atoms. The van der Waals surface area contributed by atoms with Crippen molar-refractivity contribution in [2.75, 3.05) is 47.9 Å². The fourth-order valence-corrected chi connectivity index (χ4v) is 3.38. The molecule has 7 heteroatoms. The van der Waals surface area contributed by atoms with Gasteiger partial charge in [-0.2, -0.15) is 0 Å². The van der Waals surface area contributed by atoms with Gasteiger partial charge in [0.1, 0.15) is 5.75 Å². The van der Waals surface area contributed by atoms with E-state index in [9.17, 15) is 9.59 Å². The zero-order chi connectivity index (χ0) is 19.1. The molecule has 0 aliphatic carbocycles. The Kier molecular flexibility index (Phi) is 7.26. The van der Waals surface area contributed by atoms with Crippen molar-refractivity contribution < 1.29 is 14.3 Å². The van der Waals surface area contributed by atoms with Crippen LogP contribution in [0.15, 0.2) is 24.3 Å². The maximum absolute atomic E-state index is 12.4. The van der Waals surface area contributed by atoms with E-state index < -0.39 is 0 Å². The van der Waals surface area contributed by atoms with Crippen molar-refractivity contribution in [1.82, 2.24) is 20.4 Å². The average molecular weight is 362 g/mol. The maximum atomic E-state index is 12.4. The van der Waals surface area contributed by atoms with E-state index in [-0.39, 0.29) is 23.9 Å². The quantitative estimate of drug-likeness (QED) is 0.757. The van der Waals surface area contributed by atoms with Gasteiger partial charge in [0.05, 0.1) is 13.2 Å². The molecule has 7 nitrogen and oxygen atoms in total. The molecule has 26 heavy (non-hydrogen) atoms. The molecule has 1 saturated heterocycles. The van der Waals surface area contributed by atoms with Crippen LogP contribution in [0.3, 0.4) is 0 Å². The lowest BCUT2D eigenvalue weighted by Gasteiger charge is -2.22. The minimum Gasteiger partial charge on any atom is -0.497 e. The zero-order valence-electron chi connectivity index (χ0n) is 16.1. The SMILES string of the molecule is CNC(=O)N1C[C@@H](CN(C)C)[C@H](NC(=O)CCc2cccc(OC)c2)C1. The summed E-state index contributed by atoms with van der Waals surface area (Å²) in [5.74, 6) is 1.04. The number of hydrogen-bond acceptors (Lipinski definition) is 4. The molecule has 2 atom stereocenters. The number of nitrogens with zero attached hydrogens (tertiary/aromatic N) is 2. The second-order valence-corrected chi connectivity index (χ2v) is 7.01. The van der Waals surface area contributed by atoms with E-state index in [2.05, 4.69) is 15.5 Å². The number of carbonyl (C=O) groups excluding carboxylic acids is 2. The summed E-state index contributed by atoms with van der Waals surface area (Å²) >= 11 is 0. The molecule has 0 spiro atoms. The Morgan fingerprint density at radius 3 is 2.73 bits per heavy atom. The minimum atomic E-state index is -0.0955. The van der Waals surface area contributed by atoms with Gasteiger partial charge in [-0.3, -0.25) is 4.79 Å². The number of aryl methyl sites for hydroxylation is 1. The molecule has 144 valence electrons. The molecule has 1 fully saturated rings. The molecule has 1 aliphatic rings. The molecule has 2 rings (SSSR count). The Bertz CT molecular complexity index is 621. The number of carbonyl (C=O) groups is 2. The summed E-state index contributed by atoms with van der Waals surface area (Å²) in [6.45, 7) is 2.02. The number of likely N-dealkylation sites (tertiary alicyclic amines) is 1. The number of ether oxygens (including phenoxy) is 1. The van der Waals surface area contributed by atoms with E-state index in [0.717, 1.165) is 17.9 Å². The van der Waals surface area contributed by atoms with E-state index in [0.29, 0.717) is 25.9 Å². The first-order chi connectivity index (χ1) is 12.4. The second kappa shape index (κ2) is 9.43. The van der Waals surface area contributed by atoms with E-state index in [1.54, 1.807) is 19.1 Å². The van der Waals surface area contributed by atoms with Crippen LogP contribution in [0, 0.1) is 5.92 Å². The summed E-state index contributed by atoms with van der Waals surface area (Å²) in [5.41, 5.74) is 1.07. The van der Waals surface area contributed by atoms with Crippen LogP contribution in [0.4, 0.5) is 4.79 Å². The Morgan fingerprint density at radius 2 is 2.08 bits per heavy atom. The van der Waals surface area contributed by atoms with Gasteiger partial charge >= 0.3 is 6.03 Å². The van der Waals surface area contributed by atoms with Crippen molar-refractivity contribution in [1.29, 1.82) is 0 Å². The van der Waals surface area contributed by atoms with Crippen molar-refractivity contribution in [3.8, 4) is 5.75 Å².